The van der Waals surface area contributed by atoms with E-state index in [4.69, 9.17) is 5.11 Å². The summed E-state index contributed by atoms with van der Waals surface area (Å²) in [4.78, 5) is 0. The number of hydrogen-bond acceptors (Lipinski definition) is 1. The van der Waals surface area contributed by atoms with E-state index in [0.717, 1.165) is 12.8 Å². The molecule has 0 spiro atoms. The largest absolute Gasteiger partial charge is 0.396 e. The topological polar surface area (TPSA) is 20.2 Å². The van der Waals surface area contributed by atoms with E-state index in [0.29, 0.717) is 6.61 Å². The monoisotopic (exact) mass is 182 g/mol. The van der Waals surface area contributed by atoms with Crippen molar-refractivity contribution in [2.45, 2.75) is 51.4 Å². The van der Waals surface area contributed by atoms with Crippen LogP contribution in [0, 0.1) is 0 Å². The quantitative estimate of drug-likeness (QED) is 0.428. The van der Waals surface area contributed by atoms with Gasteiger partial charge in [-0.3, -0.25) is 0 Å². The van der Waals surface area contributed by atoms with Gasteiger partial charge in [0.05, 0.1) is 0 Å². The van der Waals surface area contributed by atoms with Gasteiger partial charge in [-0.05, 0) is 25.3 Å². The second-order valence-electron chi connectivity index (χ2n) is 3.40. The molecule has 0 radical (unpaired) electrons. The van der Waals surface area contributed by atoms with Crippen molar-refractivity contribution < 1.29 is 5.11 Å². The molecule has 0 aliphatic heterocycles. The lowest BCUT2D eigenvalue weighted by molar-refractivity contribution is 0.282. The van der Waals surface area contributed by atoms with Crippen LogP contribution < -0.4 is 0 Å². The van der Waals surface area contributed by atoms with Crippen LogP contribution in [-0.4, -0.2) is 11.7 Å². The number of aliphatic hydroxyl groups excluding tert-OH is 1. The minimum atomic E-state index is 0.351. The highest BCUT2D eigenvalue weighted by atomic mass is 16.2. The van der Waals surface area contributed by atoms with E-state index in [1.165, 1.54) is 38.5 Å². The number of hydrogen-bond donors (Lipinski definition) is 1. The Bertz CT molecular complexity index is 134. The Morgan fingerprint density at radius 1 is 0.923 bits per heavy atom. The molecule has 1 heteroatoms. The molecule has 0 bridgehead atoms. The molecule has 76 valence electrons. The van der Waals surface area contributed by atoms with Gasteiger partial charge < -0.3 is 5.11 Å². The lowest BCUT2D eigenvalue weighted by Crippen LogP contribution is -1.83. The summed E-state index contributed by atoms with van der Waals surface area (Å²) in [6.45, 7) is 3.88. The SMILES string of the molecule is C=C=CCCCCCCCCCO. The van der Waals surface area contributed by atoms with Crippen molar-refractivity contribution in [1.29, 1.82) is 0 Å². The number of aliphatic hydroxyl groups is 1. The van der Waals surface area contributed by atoms with E-state index >= 15 is 0 Å². The number of unbranched alkanes of at least 4 members (excludes halogenated alkanes) is 7. The molecule has 0 aromatic carbocycles. The van der Waals surface area contributed by atoms with E-state index in [-0.39, 0.29) is 0 Å². The molecular formula is C12H22O. The summed E-state index contributed by atoms with van der Waals surface area (Å²) in [6.07, 6.45) is 11.8. The molecule has 0 aliphatic carbocycles. The van der Waals surface area contributed by atoms with E-state index < -0.39 is 0 Å². The number of rotatable bonds is 9. The first-order chi connectivity index (χ1) is 6.41. The molecule has 0 rings (SSSR count). The van der Waals surface area contributed by atoms with Gasteiger partial charge in [-0.25, -0.2) is 0 Å². The summed E-state index contributed by atoms with van der Waals surface area (Å²) in [5.74, 6) is 0. The average Bonchev–Trinajstić information content (AvgIpc) is 2.16. The van der Waals surface area contributed by atoms with Gasteiger partial charge in [-0.15, -0.1) is 5.73 Å². The van der Waals surface area contributed by atoms with Gasteiger partial charge in [0.15, 0.2) is 0 Å². The summed E-state index contributed by atoms with van der Waals surface area (Å²) in [6, 6.07) is 0. The van der Waals surface area contributed by atoms with Gasteiger partial charge in [0.25, 0.3) is 0 Å². The molecule has 0 unspecified atom stereocenters. The standard InChI is InChI=1S/C12H22O/c1-2-3-4-5-6-7-8-9-10-11-12-13/h3,13H,1,4-12H2. The highest BCUT2D eigenvalue weighted by Crippen LogP contribution is 2.08. The van der Waals surface area contributed by atoms with Gasteiger partial charge in [-0.1, -0.05) is 38.7 Å². The van der Waals surface area contributed by atoms with Crippen molar-refractivity contribution in [2.24, 2.45) is 0 Å². The fourth-order valence-corrected chi connectivity index (χ4v) is 1.34. The van der Waals surface area contributed by atoms with Gasteiger partial charge >= 0.3 is 0 Å². The third kappa shape index (κ3) is 11.5. The molecule has 0 heterocycles. The Labute approximate surface area is 82.2 Å². The molecule has 1 N–H and O–H groups in total. The predicted octanol–water partition coefficient (Wildman–Crippen LogP) is 3.44. The minimum Gasteiger partial charge on any atom is -0.396 e. The van der Waals surface area contributed by atoms with Crippen LogP contribution in [0.2, 0.25) is 0 Å². The van der Waals surface area contributed by atoms with Crippen LogP contribution in [0.1, 0.15) is 51.4 Å². The Morgan fingerprint density at radius 3 is 2.00 bits per heavy atom. The maximum atomic E-state index is 8.55. The second-order valence-corrected chi connectivity index (χ2v) is 3.40. The van der Waals surface area contributed by atoms with E-state index in [2.05, 4.69) is 12.3 Å². The fraction of sp³-hybridized carbons (Fsp3) is 0.750. The molecule has 0 fully saturated rings. The normalized spacial score (nSPS) is 9.62. The van der Waals surface area contributed by atoms with Crippen molar-refractivity contribution in [3.8, 4) is 0 Å². The zero-order valence-corrected chi connectivity index (χ0v) is 8.60. The maximum absolute atomic E-state index is 8.55. The Balaban J connectivity index is 2.87. The van der Waals surface area contributed by atoms with Crippen LogP contribution >= 0.6 is 0 Å². The number of allylic oxidation sites excluding steroid dienone is 1. The van der Waals surface area contributed by atoms with Crippen molar-refractivity contribution in [3.05, 3.63) is 18.4 Å². The van der Waals surface area contributed by atoms with Crippen LogP contribution in [0.25, 0.3) is 0 Å². The first-order valence-corrected chi connectivity index (χ1v) is 5.37. The smallest absolute Gasteiger partial charge is 0.0431 e. The predicted molar refractivity (Wildman–Crippen MR) is 57.7 cm³/mol. The minimum absolute atomic E-state index is 0.351. The second kappa shape index (κ2) is 11.5. The molecule has 13 heavy (non-hydrogen) atoms. The fourth-order valence-electron chi connectivity index (χ4n) is 1.34. The molecular weight excluding hydrogens is 160 g/mol. The van der Waals surface area contributed by atoms with Gasteiger partial charge in [0.1, 0.15) is 0 Å². The Morgan fingerprint density at radius 2 is 1.46 bits per heavy atom. The summed E-state index contributed by atoms with van der Waals surface area (Å²) in [7, 11) is 0. The van der Waals surface area contributed by atoms with Crippen LogP contribution in [-0.2, 0) is 0 Å². The first kappa shape index (κ1) is 12.5. The van der Waals surface area contributed by atoms with E-state index in [1.807, 2.05) is 6.08 Å². The van der Waals surface area contributed by atoms with Crippen LogP contribution in [0.15, 0.2) is 18.4 Å². The van der Waals surface area contributed by atoms with Crippen LogP contribution in [0.3, 0.4) is 0 Å². The molecule has 0 atom stereocenters. The Hall–Kier alpha value is -0.520. The summed E-state index contributed by atoms with van der Waals surface area (Å²) in [5, 5.41) is 8.55. The van der Waals surface area contributed by atoms with Gasteiger partial charge in [-0.2, -0.15) is 0 Å². The van der Waals surface area contributed by atoms with Gasteiger partial charge in [0, 0.05) is 6.61 Å². The highest BCUT2D eigenvalue weighted by molar-refractivity contribution is 4.74. The molecule has 0 aliphatic rings. The zero-order chi connectivity index (χ0) is 9.78. The first-order valence-electron chi connectivity index (χ1n) is 5.37. The van der Waals surface area contributed by atoms with E-state index in [9.17, 15) is 0 Å². The molecule has 0 saturated carbocycles. The van der Waals surface area contributed by atoms with Crippen molar-refractivity contribution in [3.63, 3.8) is 0 Å². The average molecular weight is 182 g/mol. The summed E-state index contributed by atoms with van der Waals surface area (Å²) >= 11 is 0. The molecule has 1 nitrogen and oxygen atoms in total. The van der Waals surface area contributed by atoms with Crippen molar-refractivity contribution in [1.82, 2.24) is 0 Å². The molecule has 0 amide bonds. The van der Waals surface area contributed by atoms with Crippen LogP contribution in [0.5, 0.6) is 0 Å². The third-order valence-electron chi connectivity index (χ3n) is 2.15. The van der Waals surface area contributed by atoms with Crippen molar-refractivity contribution >= 4 is 0 Å². The molecule has 0 aromatic rings. The van der Waals surface area contributed by atoms with Crippen LogP contribution in [0.4, 0.5) is 0 Å². The van der Waals surface area contributed by atoms with Gasteiger partial charge in [0.2, 0.25) is 0 Å². The third-order valence-corrected chi connectivity index (χ3v) is 2.15. The molecule has 0 saturated heterocycles. The lowest BCUT2D eigenvalue weighted by atomic mass is 10.1. The summed E-state index contributed by atoms with van der Waals surface area (Å²) in [5.41, 5.74) is 2.78. The molecule has 0 aromatic heterocycles. The van der Waals surface area contributed by atoms with E-state index in [1.54, 1.807) is 0 Å². The lowest BCUT2D eigenvalue weighted by Gasteiger charge is -1.99. The zero-order valence-electron chi connectivity index (χ0n) is 8.60. The highest BCUT2D eigenvalue weighted by Gasteiger charge is 1.89. The van der Waals surface area contributed by atoms with Crippen molar-refractivity contribution in [2.75, 3.05) is 6.61 Å². The maximum Gasteiger partial charge on any atom is 0.0431 e. The Kier molecular flexibility index (Phi) is 11.0. The summed E-state index contributed by atoms with van der Waals surface area (Å²) < 4.78 is 0.